The Morgan fingerprint density at radius 1 is 1.11 bits per heavy atom. The summed E-state index contributed by atoms with van der Waals surface area (Å²) < 4.78 is 23.7. The van der Waals surface area contributed by atoms with Crippen molar-refractivity contribution in [3.8, 4) is 0 Å². The van der Waals surface area contributed by atoms with Crippen LogP contribution in [0.15, 0.2) is 29.2 Å². The van der Waals surface area contributed by atoms with E-state index in [-0.39, 0.29) is 11.8 Å². The number of sulfone groups is 1. The summed E-state index contributed by atoms with van der Waals surface area (Å²) in [6.45, 7) is 3.98. The van der Waals surface area contributed by atoms with Crippen LogP contribution in [0.2, 0.25) is 0 Å². The standard InChI is InChI=1S/C14H23NO2S/c1-3-5-13(15)11-12-6-8-14(9-7-12)18(16,17)10-4-2/h6-9,13H,3-5,10-11,15H2,1-2H3. The molecule has 0 aliphatic heterocycles. The number of rotatable bonds is 7. The molecule has 0 radical (unpaired) electrons. The molecule has 0 aliphatic rings. The molecule has 0 bridgehead atoms. The summed E-state index contributed by atoms with van der Waals surface area (Å²) in [5.74, 6) is 0.210. The van der Waals surface area contributed by atoms with Gasteiger partial charge in [0, 0.05) is 6.04 Å². The zero-order chi connectivity index (χ0) is 13.6. The average molecular weight is 269 g/mol. The predicted molar refractivity (Wildman–Crippen MR) is 75.4 cm³/mol. The Morgan fingerprint density at radius 2 is 1.72 bits per heavy atom. The van der Waals surface area contributed by atoms with E-state index in [9.17, 15) is 8.42 Å². The molecule has 1 rings (SSSR count). The van der Waals surface area contributed by atoms with Crippen LogP contribution in [0.5, 0.6) is 0 Å². The van der Waals surface area contributed by atoms with Crippen molar-refractivity contribution in [1.29, 1.82) is 0 Å². The first kappa shape index (κ1) is 15.2. The SMILES string of the molecule is CCCC(N)Cc1ccc(S(=O)(=O)CCC)cc1. The molecule has 3 nitrogen and oxygen atoms in total. The summed E-state index contributed by atoms with van der Waals surface area (Å²) in [6.07, 6.45) is 3.52. The third-order valence-electron chi connectivity index (χ3n) is 2.91. The fourth-order valence-corrected chi connectivity index (χ4v) is 3.32. The van der Waals surface area contributed by atoms with Crippen molar-refractivity contribution in [2.24, 2.45) is 5.73 Å². The van der Waals surface area contributed by atoms with Crippen molar-refractivity contribution in [1.82, 2.24) is 0 Å². The van der Waals surface area contributed by atoms with Gasteiger partial charge in [-0.05, 0) is 37.0 Å². The monoisotopic (exact) mass is 269 g/mol. The van der Waals surface area contributed by atoms with E-state index in [4.69, 9.17) is 5.73 Å². The van der Waals surface area contributed by atoms with Gasteiger partial charge in [0.25, 0.3) is 0 Å². The highest BCUT2D eigenvalue weighted by Gasteiger charge is 2.12. The third-order valence-corrected chi connectivity index (χ3v) is 4.85. The first-order valence-electron chi connectivity index (χ1n) is 6.57. The molecule has 1 aromatic carbocycles. The summed E-state index contributed by atoms with van der Waals surface area (Å²) in [7, 11) is -3.10. The lowest BCUT2D eigenvalue weighted by atomic mass is 10.0. The van der Waals surface area contributed by atoms with E-state index < -0.39 is 9.84 Å². The fraction of sp³-hybridized carbons (Fsp3) is 0.571. The summed E-state index contributed by atoms with van der Waals surface area (Å²) in [5.41, 5.74) is 7.07. The third kappa shape index (κ3) is 4.42. The van der Waals surface area contributed by atoms with Gasteiger partial charge in [-0.15, -0.1) is 0 Å². The van der Waals surface area contributed by atoms with E-state index in [0.29, 0.717) is 11.3 Å². The van der Waals surface area contributed by atoms with Gasteiger partial charge in [0.2, 0.25) is 0 Å². The minimum Gasteiger partial charge on any atom is -0.327 e. The van der Waals surface area contributed by atoms with Gasteiger partial charge in [0.15, 0.2) is 9.84 Å². The topological polar surface area (TPSA) is 60.2 Å². The predicted octanol–water partition coefficient (Wildman–Crippen LogP) is 2.54. The number of nitrogens with two attached hydrogens (primary N) is 1. The van der Waals surface area contributed by atoms with Gasteiger partial charge >= 0.3 is 0 Å². The molecule has 1 unspecified atom stereocenters. The molecule has 1 atom stereocenters. The molecule has 0 spiro atoms. The van der Waals surface area contributed by atoms with E-state index >= 15 is 0 Å². The molecule has 102 valence electrons. The maximum Gasteiger partial charge on any atom is 0.178 e. The molecule has 1 aromatic rings. The highest BCUT2D eigenvalue weighted by molar-refractivity contribution is 7.91. The maximum absolute atomic E-state index is 11.8. The number of hydrogen-bond acceptors (Lipinski definition) is 3. The Morgan fingerprint density at radius 3 is 2.22 bits per heavy atom. The average Bonchev–Trinajstić information content (AvgIpc) is 2.30. The highest BCUT2D eigenvalue weighted by atomic mass is 32.2. The molecule has 0 heterocycles. The van der Waals surface area contributed by atoms with E-state index in [1.807, 2.05) is 19.1 Å². The normalized spacial score (nSPS) is 13.5. The molecule has 0 saturated carbocycles. The van der Waals surface area contributed by atoms with Crippen LogP contribution in [0.3, 0.4) is 0 Å². The Balaban J connectivity index is 2.74. The lowest BCUT2D eigenvalue weighted by Crippen LogP contribution is -2.22. The Labute approximate surface area is 110 Å². The molecule has 0 fully saturated rings. The second kappa shape index (κ2) is 6.90. The van der Waals surface area contributed by atoms with Crippen LogP contribution in [0.25, 0.3) is 0 Å². The Bertz CT molecular complexity index is 451. The van der Waals surface area contributed by atoms with Crippen LogP contribution < -0.4 is 5.73 Å². The minimum absolute atomic E-state index is 0.160. The zero-order valence-corrected chi connectivity index (χ0v) is 12.0. The first-order valence-corrected chi connectivity index (χ1v) is 8.22. The highest BCUT2D eigenvalue weighted by Crippen LogP contribution is 2.14. The van der Waals surface area contributed by atoms with Gasteiger partial charge in [-0.25, -0.2) is 8.42 Å². The van der Waals surface area contributed by atoms with Crippen molar-refractivity contribution in [3.63, 3.8) is 0 Å². The van der Waals surface area contributed by atoms with Crippen LogP contribution in [-0.2, 0) is 16.3 Å². The number of benzene rings is 1. The first-order chi connectivity index (χ1) is 8.49. The van der Waals surface area contributed by atoms with Gasteiger partial charge in [-0.2, -0.15) is 0 Å². The Hall–Kier alpha value is -0.870. The molecule has 0 saturated heterocycles. The summed E-state index contributed by atoms with van der Waals surface area (Å²) in [6, 6.07) is 7.29. The van der Waals surface area contributed by atoms with E-state index in [1.54, 1.807) is 12.1 Å². The maximum atomic E-state index is 11.8. The summed E-state index contributed by atoms with van der Waals surface area (Å²) in [4.78, 5) is 0.414. The van der Waals surface area contributed by atoms with Gasteiger partial charge in [-0.3, -0.25) is 0 Å². The molecular weight excluding hydrogens is 246 g/mol. The zero-order valence-electron chi connectivity index (χ0n) is 11.2. The smallest absolute Gasteiger partial charge is 0.178 e. The second-order valence-corrected chi connectivity index (χ2v) is 6.82. The van der Waals surface area contributed by atoms with Crippen molar-refractivity contribution in [2.45, 2.75) is 50.5 Å². The Kier molecular flexibility index (Phi) is 5.82. The van der Waals surface area contributed by atoms with Crippen molar-refractivity contribution in [2.75, 3.05) is 5.75 Å². The van der Waals surface area contributed by atoms with Crippen LogP contribution in [0.4, 0.5) is 0 Å². The molecule has 4 heteroatoms. The van der Waals surface area contributed by atoms with Gasteiger partial charge < -0.3 is 5.73 Å². The van der Waals surface area contributed by atoms with Crippen molar-refractivity contribution >= 4 is 9.84 Å². The molecule has 18 heavy (non-hydrogen) atoms. The van der Waals surface area contributed by atoms with E-state index in [2.05, 4.69) is 6.92 Å². The van der Waals surface area contributed by atoms with Crippen LogP contribution in [-0.4, -0.2) is 20.2 Å². The lowest BCUT2D eigenvalue weighted by molar-refractivity contribution is 0.594. The molecule has 0 aromatic heterocycles. The molecule has 2 N–H and O–H groups in total. The fourth-order valence-electron chi connectivity index (χ4n) is 2.00. The largest absolute Gasteiger partial charge is 0.327 e. The minimum atomic E-state index is -3.10. The molecule has 0 amide bonds. The van der Waals surface area contributed by atoms with Crippen molar-refractivity contribution in [3.05, 3.63) is 29.8 Å². The quantitative estimate of drug-likeness (QED) is 0.827. The van der Waals surface area contributed by atoms with E-state index in [1.165, 1.54) is 0 Å². The van der Waals surface area contributed by atoms with Gasteiger partial charge in [0.1, 0.15) is 0 Å². The van der Waals surface area contributed by atoms with Crippen LogP contribution >= 0.6 is 0 Å². The van der Waals surface area contributed by atoms with Crippen LogP contribution in [0, 0.1) is 0 Å². The van der Waals surface area contributed by atoms with E-state index in [0.717, 1.165) is 24.8 Å². The number of hydrogen-bond donors (Lipinski definition) is 1. The lowest BCUT2D eigenvalue weighted by Gasteiger charge is -2.10. The molecular formula is C14H23NO2S. The van der Waals surface area contributed by atoms with Crippen LogP contribution in [0.1, 0.15) is 38.7 Å². The van der Waals surface area contributed by atoms with Gasteiger partial charge in [0.05, 0.1) is 10.6 Å². The van der Waals surface area contributed by atoms with Gasteiger partial charge in [-0.1, -0.05) is 32.4 Å². The summed E-state index contributed by atoms with van der Waals surface area (Å²) in [5, 5.41) is 0. The summed E-state index contributed by atoms with van der Waals surface area (Å²) >= 11 is 0. The van der Waals surface area contributed by atoms with Crippen molar-refractivity contribution < 1.29 is 8.42 Å². The second-order valence-electron chi connectivity index (χ2n) is 4.72. The molecule has 0 aliphatic carbocycles.